The Kier molecular flexibility index (Phi) is 16.5. The van der Waals surface area contributed by atoms with Gasteiger partial charge in [-0.05, 0) is 99.9 Å². The van der Waals surface area contributed by atoms with Crippen LogP contribution >= 0.6 is 7.26 Å². The van der Waals surface area contributed by atoms with Crippen LogP contribution in [0.1, 0.15) is 51.4 Å². The number of aliphatic carboxylic acids is 4. The molecule has 4 N–H and O–H groups in total. The van der Waals surface area contributed by atoms with E-state index in [9.17, 15) is 39.6 Å². The second kappa shape index (κ2) is 19.7. The molecule has 0 bridgehead atoms. The molecule has 0 aliphatic carbocycles. The van der Waals surface area contributed by atoms with Crippen molar-refractivity contribution in [3.05, 3.63) is 121 Å². The minimum atomic E-state index is -1.91. The zero-order valence-electron chi connectivity index (χ0n) is 27.4. The standard InChI is InChI=1S/C24H20P.C14H24N2O8.Mn/c1-5-13-21(14-6-1)25(22-15-7-2-8-16-22,23-17-9-3-10-18-23)24-19-11-4-12-20-24;15-13(5-1-9(17)18,6-2-10(19)20)14(16,7-3-11(21)22)8-4-12(23)24;/h1-20H;1-8,15-16H2,(H,17,18)(H,19,20)(H,21,22)(H,23,24);/q+1;;+3/p-4. The van der Waals surface area contributed by atoms with Gasteiger partial charge in [-0.15, -0.1) is 0 Å². The number of rotatable bonds is 17. The van der Waals surface area contributed by atoms with E-state index in [1.165, 1.54) is 21.2 Å². The molecule has 0 aliphatic rings. The topological polar surface area (TPSA) is 213 Å². The molecule has 12 heteroatoms. The van der Waals surface area contributed by atoms with Gasteiger partial charge in [-0.3, -0.25) is 0 Å². The van der Waals surface area contributed by atoms with Gasteiger partial charge in [0.05, 0.1) is 0 Å². The van der Waals surface area contributed by atoms with Gasteiger partial charge in [0.2, 0.25) is 0 Å². The summed E-state index contributed by atoms with van der Waals surface area (Å²) in [5.41, 5.74) is 8.91. The molecule has 0 radical (unpaired) electrons. The van der Waals surface area contributed by atoms with Gasteiger partial charge in [-0.2, -0.15) is 0 Å². The molecule has 0 aliphatic heterocycles. The third-order valence-corrected chi connectivity index (χ3v) is 13.0. The van der Waals surface area contributed by atoms with Crippen LogP contribution in [0.2, 0.25) is 0 Å². The largest absolute Gasteiger partial charge is 3.00 e. The van der Waals surface area contributed by atoms with Crippen molar-refractivity contribution in [2.45, 2.75) is 62.4 Å². The Labute approximate surface area is 303 Å². The first-order valence-electron chi connectivity index (χ1n) is 15.8. The molecule has 10 nitrogen and oxygen atoms in total. The van der Waals surface area contributed by atoms with Crippen LogP contribution in [0, 0.1) is 0 Å². The smallest absolute Gasteiger partial charge is 0.550 e. The molecule has 0 saturated carbocycles. The van der Waals surface area contributed by atoms with Crippen LogP contribution < -0.4 is 53.1 Å². The molecular weight excluding hydrogens is 698 g/mol. The average Bonchev–Trinajstić information content (AvgIpc) is 3.10. The van der Waals surface area contributed by atoms with Crippen LogP contribution in [0.15, 0.2) is 121 Å². The van der Waals surface area contributed by atoms with Crippen molar-refractivity contribution in [3.63, 3.8) is 0 Å². The molecule has 0 amide bonds. The van der Waals surface area contributed by atoms with Gasteiger partial charge >= 0.3 is 17.1 Å². The predicted molar refractivity (Wildman–Crippen MR) is 182 cm³/mol. The molecule has 0 unspecified atom stereocenters. The second-order valence-electron chi connectivity index (χ2n) is 11.8. The van der Waals surface area contributed by atoms with Gasteiger partial charge in [0.1, 0.15) is 28.5 Å². The molecule has 50 heavy (non-hydrogen) atoms. The minimum absolute atomic E-state index is 0. The fourth-order valence-corrected chi connectivity index (χ4v) is 10.3. The van der Waals surface area contributed by atoms with Crippen LogP contribution in [0.25, 0.3) is 0 Å². The van der Waals surface area contributed by atoms with Crippen molar-refractivity contribution >= 4 is 52.4 Å². The Balaban J connectivity index is 0.000000341. The average molecular weight is 739 g/mol. The van der Waals surface area contributed by atoms with Gasteiger partial charge < -0.3 is 51.1 Å². The Hall–Kier alpha value is -4.37. The monoisotopic (exact) mass is 738 g/mol. The number of hydrogen-bond acceptors (Lipinski definition) is 10. The summed E-state index contributed by atoms with van der Waals surface area (Å²) in [5.74, 6) is -5.83. The van der Waals surface area contributed by atoms with Crippen LogP contribution in [0.4, 0.5) is 0 Å². The molecule has 0 fully saturated rings. The number of nitrogens with two attached hydrogens (primary N) is 2. The number of carbonyl (C=O) groups excluding carboxylic acids is 4. The minimum Gasteiger partial charge on any atom is -0.550 e. The SMILES string of the molecule is NC(CCC(=O)[O-])(CCC(=O)[O-])C(N)(CCC(=O)[O-])CCC(=O)[O-].[Mn+3].c1ccc([P+](c2ccccc2)(c2ccccc2)c2ccccc2)cc1. The molecule has 4 aromatic rings. The van der Waals surface area contributed by atoms with E-state index in [0.29, 0.717) is 0 Å². The van der Waals surface area contributed by atoms with Crippen molar-refractivity contribution in [1.82, 2.24) is 0 Å². The van der Waals surface area contributed by atoms with E-state index < -0.39 is 67.9 Å². The van der Waals surface area contributed by atoms with Crippen molar-refractivity contribution in [2.24, 2.45) is 11.5 Å². The predicted octanol–water partition coefficient (Wildman–Crippen LogP) is -1.19. The maximum Gasteiger partial charge on any atom is 3.00 e. The molecule has 4 aromatic carbocycles. The van der Waals surface area contributed by atoms with E-state index in [-0.39, 0.29) is 42.8 Å². The van der Waals surface area contributed by atoms with E-state index in [2.05, 4.69) is 121 Å². The van der Waals surface area contributed by atoms with Gasteiger partial charge in [0, 0.05) is 35.0 Å². The number of carbonyl (C=O) groups is 4. The zero-order chi connectivity index (χ0) is 35.9. The van der Waals surface area contributed by atoms with E-state index in [0.717, 1.165) is 0 Å². The van der Waals surface area contributed by atoms with E-state index >= 15 is 0 Å². The van der Waals surface area contributed by atoms with Crippen LogP contribution in [-0.2, 0) is 36.2 Å². The van der Waals surface area contributed by atoms with Crippen molar-refractivity contribution in [1.29, 1.82) is 0 Å². The van der Waals surface area contributed by atoms with Gasteiger partial charge in [-0.25, -0.2) is 0 Å². The summed E-state index contributed by atoms with van der Waals surface area (Å²) in [4.78, 5) is 42.8. The van der Waals surface area contributed by atoms with Gasteiger partial charge in [0.15, 0.2) is 0 Å². The quantitative estimate of drug-likeness (QED) is 0.0976. The molecule has 4 rings (SSSR count). The molecule has 0 atom stereocenters. The number of carboxylic acids is 4. The maximum absolute atomic E-state index is 10.7. The molecule has 0 heterocycles. The van der Waals surface area contributed by atoms with Crippen LogP contribution in [0.3, 0.4) is 0 Å². The van der Waals surface area contributed by atoms with Crippen LogP contribution in [0.5, 0.6) is 0 Å². The molecular formula is C38H40MnN2O8P. The normalized spacial score (nSPS) is 11.3. The van der Waals surface area contributed by atoms with Crippen LogP contribution in [-0.4, -0.2) is 35.0 Å². The van der Waals surface area contributed by atoms with E-state index in [1.807, 2.05) is 0 Å². The van der Waals surface area contributed by atoms with Crippen molar-refractivity contribution in [2.75, 3.05) is 0 Å². The van der Waals surface area contributed by atoms with E-state index in [4.69, 9.17) is 11.5 Å². The Morgan fingerprint density at radius 3 is 0.760 bits per heavy atom. The molecule has 0 spiro atoms. The summed E-state index contributed by atoms with van der Waals surface area (Å²) in [6.45, 7) is 0. The zero-order valence-corrected chi connectivity index (χ0v) is 29.5. The second-order valence-corrected chi connectivity index (χ2v) is 15.2. The summed E-state index contributed by atoms with van der Waals surface area (Å²) in [6, 6.07) is 43.8. The van der Waals surface area contributed by atoms with Gasteiger partial charge in [-0.1, -0.05) is 72.8 Å². The summed E-state index contributed by atoms with van der Waals surface area (Å²) < 4.78 is 0. The first-order valence-corrected chi connectivity index (χ1v) is 17.6. The maximum atomic E-state index is 10.7. The first-order chi connectivity index (χ1) is 23.3. The third kappa shape index (κ3) is 11.1. The Bertz CT molecular complexity index is 1420. The van der Waals surface area contributed by atoms with Gasteiger partial charge in [0.25, 0.3) is 0 Å². The Morgan fingerprint density at radius 1 is 0.420 bits per heavy atom. The summed E-state index contributed by atoms with van der Waals surface area (Å²) in [5, 5.41) is 48.3. The Morgan fingerprint density at radius 2 is 0.600 bits per heavy atom. The fraction of sp³-hybridized carbons (Fsp3) is 0.263. The van der Waals surface area contributed by atoms with Crippen molar-refractivity contribution < 1.29 is 56.7 Å². The third-order valence-electron chi connectivity index (χ3n) is 8.67. The first kappa shape index (κ1) is 41.8. The summed E-state index contributed by atoms with van der Waals surface area (Å²) in [6.07, 6.45) is -3.51. The molecule has 0 saturated heterocycles. The van der Waals surface area contributed by atoms with Crippen molar-refractivity contribution in [3.8, 4) is 0 Å². The molecule has 0 aromatic heterocycles. The van der Waals surface area contributed by atoms with E-state index in [1.54, 1.807) is 0 Å². The molecule has 262 valence electrons. The fourth-order valence-electron chi connectivity index (χ4n) is 6.05. The number of carboxylic acid groups (broad SMARTS) is 4. The number of benzene rings is 4. The summed E-state index contributed by atoms with van der Waals surface area (Å²) in [7, 11) is -1.91. The number of hydrogen-bond donors (Lipinski definition) is 2. The summed E-state index contributed by atoms with van der Waals surface area (Å²) >= 11 is 0.